The fraction of sp³-hybridized carbons (Fsp3) is 0.300. The Morgan fingerprint density at radius 3 is 2.33 bits per heavy atom. The maximum Gasteiger partial charge on any atom is 0.433 e. The highest BCUT2D eigenvalue weighted by Crippen LogP contribution is 2.29. The standard InChI is InChI=1S/C20H21F3N6O/c1-12-4-5-14(28-18-24-7-6-16(29-18)20(21,22)23)8-15(12)13-9-25-17(26-10-13)27-11-19(2,3)30/h4-10,30H,11H2,1-3H3,(H,24,28,29)(H,25,26,27). The van der Waals surface area contributed by atoms with Crippen LogP contribution >= 0.6 is 0 Å². The van der Waals surface area contributed by atoms with E-state index in [4.69, 9.17) is 0 Å². The molecule has 3 aromatic rings. The van der Waals surface area contributed by atoms with Gasteiger partial charge in [-0.2, -0.15) is 13.2 Å². The van der Waals surface area contributed by atoms with E-state index in [1.807, 2.05) is 13.0 Å². The molecule has 0 aliphatic carbocycles. The van der Waals surface area contributed by atoms with Crippen molar-refractivity contribution < 1.29 is 18.3 Å². The normalized spacial score (nSPS) is 12.0. The van der Waals surface area contributed by atoms with E-state index in [2.05, 4.69) is 30.6 Å². The van der Waals surface area contributed by atoms with Crippen LogP contribution < -0.4 is 10.6 Å². The van der Waals surface area contributed by atoms with E-state index < -0.39 is 17.5 Å². The van der Waals surface area contributed by atoms with Crippen molar-refractivity contribution in [3.05, 3.63) is 54.1 Å². The first-order valence-electron chi connectivity index (χ1n) is 9.08. The molecular formula is C20H21F3N6O. The average Bonchev–Trinajstić information content (AvgIpc) is 2.67. The summed E-state index contributed by atoms with van der Waals surface area (Å²) in [4.78, 5) is 15.9. The van der Waals surface area contributed by atoms with Gasteiger partial charge in [0.15, 0.2) is 0 Å². The number of aliphatic hydroxyl groups is 1. The number of nitrogens with zero attached hydrogens (tertiary/aromatic N) is 4. The molecule has 10 heteroatoms. The molecule has 0 unspecified atom stereocenters. The number of hydrogen-bond donors (Lipinski definition) is 3. The van der Waals surface area contributed by atoms with Crippen LogP contribution in [-0.2, 0) is 6.18 Å². The Labute approximate surface area is 171 Å². The highest BCUT2D eigenvalue weighted by Gasteiger charge is 2.32. The lowest BCUT2D eigenvalue weighted by molar-refractivity contribution is -0.141. The van der Waals surface area contributed by atoms with E-state index in [-0.39, 0.29) is 5.95 Å². The highest BCUT2D eigenvalue weighted by atomic mass is 19.4. The van der Waals surface area contributed by atoms with Gasteiger partial charge in [-0.15, -0.1) is 0 Å². The number of anilines is 3. The van der Waals surface area contributed by atoms with Crippen LogP contribution in [0.25, 0.3) is 11.1 Å². The van der Waals surface area contributed by atoms with E-state index in [0.717, 1.165) is 29.0 Å². The third-order valence-electron chi connectivity index (χ3n) is 4.08. The van der Waals surface area contributed by atoms with Crippen LogP contribution in [0, 0.1) is 6.92 Å². The molecule has 0 atom stereocenters. The van der Waals surface area contributed by atoms with E-state index >= 15 is 0 Å². The van der Waals surface area contributed by atoms with E-state index in [1.54, 1.807) is 38.4 Å². The Hall–Kier alpha value is -3.27. The minimum atomic E-state index is -4.55. The molecule has 158 valence electrons. The Balaban J connectivity index is 1.80. The Morgan fingerprint density at radius 1 is 1.00 bits per heavy atom. The summed E-state index contributed by atoms with van der Waals surface area (Å²) in [6.45, 7) is 5.54. The van der Waals surface area contributed by atoms with Gasteiger partial charge >= 0.3 is 6.18 Å². The van der Waals surface area contributed by atoms with Crippen LogP contribution in [0.4, 0.5) is 30.8 Å². The zero-order chi connectivity index (χ0) is 21.9. The molecule has 0 saturated carbocycles. The van der Waals surface area contributed by atoms with Gasteiger partial charge in [0.1, 0.15) is 5.69 Å². The highest BCUT2D eigenvalue weighted by molar-refractivity contribution is 5.72. The van der Waals surface area contributed by atoms with Gasteiger partial charge in [-0.3, -0.25) is 0 Å². The molecule has 30 heavy (non-hydrogen) atoms. The lowest BCUT2D eigenvalue weighted by Crippen LogP contribution is -2.29. The number of alkyl halides is 3. The molecule has 0 fully saturated rings. The SMILES string of the molecule is Cc1ccc(Nc2nccc(C(F)(F)F)n2)cc1-c1cnc(NCC(C)(C)O)nc1. The number of aryl methyl sites for hydroxylation is 1. The summed E-state index contributed by atoms with van der Waals surface area (Å²) in [6.07, 6.45) is -0.226. The number of hydrogen-bond acceptors (Lipinski definition) is 7. The first kappa shape index (κ1) is 21.4. The van der Waals surface area contributed by atoms with Crippen molar-refractivity contribution in [3.63, 3.8) is 0 Å². The minimum absolute atomic E-state index is 0.151. The molecule has 1 aromatic carbocycles. The van der Waals surface area contributed by atoms with Crippen LogP contribution in [-0.4, -0.2) is 37.2 Å². The lowest BCUT2D eigenvalue weighted by Gasteiger charge is -2.17. The summed E-state index contributed by atoms with van der Waals surface area (Å²) < 4.78 is 38.5. The predicted octanol–water partition coefficient (Wildman–Crippen LogP) is 4.19. The third-order valence-corrected chi connectivity index (χ3v) is 4.08. The zero-order valence-corrected chi connectivity index (χ0v) is 16.6. The molecular weight excluding hydrogens is 397 g/mol. The second kappa shape index (κ2) is 8.23. The zero-order valence-electron chi connectivity index (χ0n) is 16.6. The van der Waals surface area contributed by atoms with Crippen molar-refractivity contribution in [2.45, 2.75) is 32.5 Å². The van der Waals surface area contributed by atoms with Crippen molar-refractivity contribution in [1.29, 1.82) is 0 Å². The second-order valence-corrected chi connectivity index (χ2v) is 7.38. The van der Waals surface area contributed by atoms with Gasteiger partial charge in [0, 0.05) is 36.4 Å². The number of aromatic nitrogens is 4. The molecule has 7 nitrogen and oxygen atoms in total. The molecule has 0 spiro atoms. The van der Waals surface area contributed by atoms with Crippen molar-refractivity contribution in [2.75, 3.05) is 17.2 Å². The van der Waals surface area contributed by atoms with Crippen molar-refractivity contribution >= 4 is 17.6 Å². The van der Waals surface area contributed by atoms with Gasteiger partial charge < -0.3 is 15.7 Å². The van der Waals surface area contributed by atoms with Gasteiger partial charge in [0.05, 0.1) is 5.60 Å². The molecule has 0 aliphatic heterocycles. The number of rotatable bonds is 6. The third kappa shape index (κ3) is 5.63. The van der Waals surface area contributed by atoms with Crippen LogP contribution in [0.5, 0.6) is 0 Å². The van der Waals surface area contributed by atoms with Gasteiger partial charge in [0.25, 0.3) is 0 Å². The monoisotopic (exact) mass is 418 g/mol. The second-order valence-electron chi connectivity index (χ2n) is 7.38. The molecule has 3 rings (SSSR count). The summed E-state index contributed by atoms with van der Waals surface area (Å²) in [7, 11) is 0. The Kier molecular flexibility index (Phi) is 5.88. The van der Waals surface area contributed by atoms with Gasteiger partial charge in [-0.05, 0) is 50.1 Å². The van der Waals surface area contributed by atoms with E-state index in [0.29, 0.717) is 18.2 Å². The van der Waals surface area contributed by atoms with Gasteiger partial charge in [-0.25, -0.2) is 19.9 Å². The van der Waals surface area contributed by atoms with Gasteiger partial charge in [0.2, 0.25) is 11.9 Å². The maximum absolute atomic E-state index is 12.8. The van der Waals surface area contributed by atoms with Crippen molar-refractivity contribution in [2.24, 2.45) is 0 Å². The summed E-state index contributed by atoms with van der Waals surface area (Å²) in [6, 6.07) is 6.13. The number of benzene rings is 1. The van der Waals surface area contributed by atoms with Gasteiger partial charge in [-0.1, -0.05) is 6.07 Å². The molecule has 3 N–H and O–H groups in total. The Bertz CT molecular complexity index is 1020. The van der Waals surface area contributed by atoms with Crippen LogP contribution in [0.2, 0.25) is 0 Å². The lowest BCUT2D eigenvalue weighted by atomic mass is 10.0. The fourth-order valence-electron chi connectivity index (χ4n) is 2.57. The average molecular weight is 418 g/mol. The van der Waals surface area contributed by atoms with Crippen LogP contribution in [0.3, 0.4) is 0 Å². The summed E-state index contributed by atoms with van der Waals surface area (Å²) in [5.74, 6) is 0.229. The van der Waals surface area contributed by atoms with Crippen LogP contribution in [0.15, 0.2) is 42.9 Å². The summed E-state index contributed by atoms with van der Waals surface area (Å²) in [5.41, 5.74) is 1.08. The summed E-state index contributed by atoms with van der Waals surface area (Å²) >= 11 is 0. The molecule has 2 heterocycles. The summed E-state index contributed by atoms with van der Waals surface area (Å²) in [5, 5.41) is 15.5. The first-order chi connectivity index (χ1) is 14.0. The first-order valence-corrected chi connectivity index (χ1v) is 9.08. The molecule has 0 aliphatic rings. The number of nitrogens with one attached hydrogen (secondary N) is 2. The quantitative estimate of drug-likeness (QED) is 0.552. The largest absolute Gasteiger partial charge is 0.433 e. The van der Waals surface area contributed by atoms with Crippen molar-refractivity contribution in [1.82, 2.24) is 19.9 Å². The fourth-order valence-corrected chi connectivity index (χ4v) is 2.57. The molecule has 0 saturated heterocycles. The van der Waals surface area contributed by atoms with E-state index in [1.165, 1.54) is 0 Å². The molecule has 2 aromatic heterocycles. The number of halogens is 3. The molecule has 0 radical (unpaired) electrons. The Morgan fingerprint density at radius 2 is 1.70 bits per heavy atom. The maximum atomic E-state index is 12.8. The molecule has 0 amide bonds. The van der Waals surface area contributed by atoms with Crippen molar-refractivity contribution in [3.8, 4) is 11.1 Å². The predicted molar refractivity (Wildman–Crippen MR) is 107 cm³/mol. The van der Waals surface area contributed by atoms with Crippen LogP contribution in [0.1, 0.15) is 25.1 Å². The van der Waals surface area contributed by atoms with E-state index in [9.17, 15) is 18.3 Å². The topological polar surface area (TPSA) is 95.9 Å². The molecule has 0 bridgehead atoms. The minimum Gasteiger partial charge on any atom is -0.389 e. The smallest absolute Gasteiger partial charge is 0.389 e.